The van der Waals surface area contributed by atoms with Crippen LogP contribution in [0.5, 0.6) is 0 Å². The molecule has 3 N–H and O–H groups in total. The van der Waals surface area contributed by atoms with Crippen molar-refractivity contribution >= 4 is 17.5 Å². The normalized spacial score (nSPS) is 22.9. The maximum atomic E-state index is 14.6. The largest absolute Gasteiger partial charge is 0.474 e. The number of nitrogens with zero attached hydrogens (tertiary/aromatic N) is 1. The molecular weight excluding hydrogens is 370 g/mol. The first-order chi connectivity index (χ1) is 13.4. The molecular formula is C19H22F2N4O3. The number of piperidine rings is 1. The second kappa shape index (κ2) is 7.38. The van der Waals surface area contributed by atoms with Crippen LogP contribution in [0.2, 0.25) is 0 Å². The molecule has 1 unspecified atom stereocenters. The van der Waals surface area contributed by atoms with E-state index in [0.717, 1.165) is 13.1 Å². The van der Waals surface area contributed by atoms with E-state index in [0.29, 0.717) is 24.7 Å². The molecule has 3 aliphatic heterocycles. The molecule has 3 aliphatic rings. The Morgan fingerprint density at radius 2 is 1.89 bits per heavy atom. The van der Waals surface area contributed by atoms with Crippen molar-refractivity contribution in [2.75, 3.05) is 31.1 Å². The van der Waals surface area contributed by atoms with Gasteiger partial charge in [0.15, 0.2) is 5.88 Å². The molecule has 1 aromatic rings. The maximum Gasteiger partial charge on any atom is 0.234 e. The van der Waals surface area contributed by atoms with E-state index in [4.69, 9.17) is 4.74 Å². The summed E-state index contributed by atoms with van der Waals surface area (Å²) in [4.78, 5) is 25.0. The lowest BCUT2D eigenvalue weighted by atomic mass is 9.89. The van der Waals surface area contributed by atoms with Crippen molar-refractivity contribution in [1.82, 2.24) is 16.0 Å². The average Bonchev–Trinajstić information content (AvgIpc) is 2.55. The third-order valence-corrected chi connectivity index (χ3v) is 5.32. The number of imide groups is 1. The van der Waals surface area contributed by atoms with E-state index in [9.17, 15) is 18.4 Å². The molecule has 3 saturated heterocycles. The Kier molecular flexibility index (Phi) is 4.92. The number of nitrogens with one attached hydrogen (secondary N) is 3. The van der Waals surface area contributed by atoms with Crippen LogP contribution in [0.15, 0.2) is 24.6 Å². The topological polar surface area (TPSA) is 82.7 Å². The molecule has 28 heavy (non-hydrogen) atoms. The van der Waals surface area contributed by atoms with Gasteiger partial charge in [0, 0.05) is 43.9 Å². The Labute approximate surface area is 161 Å². The molecule has 1 atom stereocenters. The van der Waals surface area contributed by atoms with Crippen LogP contribution in [-0.2, 0) is 14.3 Å². The molecule has 7 nitrogen and oxygen atoms in total. The quantitative estimate of drug-likeness (QED) is 0.489. The van der Waals surface area contributed by atoms with Gasteiger partial charge >= 0.3 is 0 Å². The first kappa shape index (κ1) is 18.7. The number of hydrogen-bond acceptors (Lipinski definition) is 6. The summed E-state index contributed by atoms with van der Waals surface area (Å²) in [5, 5.41) is 8.40. The average molecular weight is 392 g/mol. The van der Waals surface area contributed by atoms with Gasteiger partial charge in [0.1, 0.15) is 17.7 Å². The van der Waals surface area contributed by atoms with Crippen LogP contribution in [-0.4, -0.2) is 50.1 Å². The van der Waals surface area contributed by atoms with Crippen LogP contribution >= 0.6 is 0 Å². The zero-order chi connectivity index (χ0) is 19.8. The third kappa shape index (κ3) is 3.66. The van der Waals surface area contributed by atoms with Crippen LogP contribution in [0.1, 0.15) is 24.3 Å². The molecule has 0 aromatic heterocycles. The zero-order valence-corrected chi connectivity index (χ0v) is 15.3. The van der Waals surface area contributed by atoms with Crippen molar-refractivity contribution in [1.29, 1.82) is 0 Å². The lowest BCUT2D eigenvalue weighted by molar-refractivity contribution is -0.134. The Hall–Kier alpha value is -2.68. The molecule has 9 heteroatoms. The van der Waals surface area contributed by atoms with Crippen molar-refractivity contribution in [3.05, 3.63) is 41.8 Å². The van der Waals surface area contributed by atoms with E-state index in [2.05, 4.69) is 22.5 Å². The number of ether oxygens (including phenoxy) is 1. The van der Waals surface area contributed by atoms with Crippen LogP contribution in [0, 0.1) is 11.6 Å². The molecule has 0 radical (unpaired) electrons. The molecule has 3 fully saturated rings. The van der Waals surface area contributed by atoms with Gasteiger partial charge in [-0.25, -0.2) is 8.78 Å². The fourth-order valence-electron chi connectivity index (χ4n) is 3.64. The summed E-state index contributed by atoms with van der Waals surface area (Å²) in [6.07, 6.45) is 0.310. The van der Waals surface area contributed by atoms with E-state index in [1.165, 1.54) is 12.1 Å². The first-order valence-corrected chi connectivity index (χ1v) is 9.31. The fraction of sp³-hybridized carbons (Fsp3) is 0.474. The molecule has 3 heterocycles. The number of amides is 2. The number of carbonyl (C=O) groups is 2. The predicted octanol–water partition coefficient (Wildman–Crippen LogP) is 0.723. The second-order valence-corrected chi connectivity index (χ2v) is 7.39. The monoisotopic (exact) mass is 392 g/mol. The van der Waals surface area contributed by atoms with Gasteiger partial charge in [0.05, 0.1) is 12.0 Å². The lowest BCUT2D eigenvalue weighted by Crippen LogP contribution is -2.58. The number of benzene rings is 1. The van der Waals surface area contributed by atoms with Gasteiger partial charge < -0.3 is 20.3 Å². The number of hydrogen-bond donors (Lipinski definition) is 3. The first-order valence-electron chi connectivity index (χ1n) is 9.31. The van der Waals surface area contributed by atoms with E-state index in [-0.39, 0.29) is 30.6 Å². The van der Waals surface area contributed by atoms with Crippen LogP contribution in [0.3, 0.4) is 0 Å². The minimum absolute atomic E-state index is 0.0688. The molecule has 0 spiro atoms. The highest BCUT2D eigenvalue weighted by atomic mass is 19.1. The lowest BCUT2D eigenvalue weighted by Gasteiger charge is -2.42. The van der Waals surface area contributed by atoms with Gasteiger partial charge in [-0.05, 0) is 25.1 Å². The van der Waals surface area contributed by atoms with Crippen LogP contribution in [0.25, 0.3) is 0 Å². The molecule has 1 aromatic carbocycles. The van der Waals surface area contributed by atoms with Crippen molar-refractivity contribution in [2.24, 2.45) is 0 Å². The van der Waals surface area contributed by atoms with E-state index in [1.54, 1.807) is 0 Å². The minimum atomic E-state index is -0.987. The van der Waals surface area contributed by atoms with Gasteiger partial charge in [-0.15, -0.1) is 0 Å². The summed E-state index contributed by atoms with van der Waals surface area (Å²) in [6, 6.07) is 2.56. The van der Waals surface area contributed by atoms with Gasteiger partial charge in [0.2, 0.25) is 11.8 Å². The standard InChI is InChI=1S/C19H22F2N4O3/c1-10(28-13-6-22-7-13)23-11-8-25(9-11)12-4-15(20)18(16(21)5-12)14-2-3-17(26)24-19(14)27/h4-5,11,13-14,22-23H,1-3,6-9H2,(H,24,26,27). The van der Waals surface area contributed by atoms with Crippen molar-refractivity contribution in [2.45, 2.75) is 30.9 Å². The maximum absolute atomic E-state index is 14.6. The van der Waals surface area contributed by atoms with Crippen molar-refractivity contribution < 1.29 is 23.1 Å². The van der Waals surface area contributed by atoms with E-state index < -0.39 is 29.4 Å². The Morgan fingerprint density at radius 1 is 1.21 bits per heavy atom. The second-order valence-electron chi connectivity index (χ2n) is 7.39. The number of anilines is 1. The van der Waals surface area contributed by atoms with Crippen LogP contribution < -0.4 is 20.9 Å². The number of halogens is 2. The number of carbonyl (C=O) groups excluding carboxylic acids is 2. The minimum Gasteiger partial charge on any atom is -0.474 e. The summed E-state index contributed by atoms with van der Waals surface area (Å²) in [6.45, 7) is 6.56. The molecule has 4 rings (SSSR count). The number of rotatable bonds is 6. The highest BCUT2D eigenvalue weighted by Gasteiger charge is 2.34. The van der Waals surface area contributed by atoms with Gasteiger partial charge in [-0.1, -0.05) is 0 Å². The van der Waals surface area contributed by atoms with Gasteiger partial charge in [0.25, 0.3) is 0 Å². The summed E-state index contributed by atoms with van der Waals surface area (Å²) in [5.74, 6) is -3.11. The summed E-state index contributed by atoms with van der Waals surface area (Å²) in [5.41, 5.74) is 0.138. The van der Waals surface area contributed by atoms with E-state index >= 15 is 0 Å². The summed E-state index contributed by atoms with van der Waals surface area (Å²) in [7, 11) is 0. The highest BCUT2D eigenvalue weighted by molar-refractivity contribution is 6.01. The van der Waals surface area contributed by atoms with Gasteiger partial charge in [-0.3, -0.25) is 14.9 Å². The van der Waals surface area contributed by atoms with Crippen molar-refractivity contribution in [3.63, 3.8) is 0 Å². The van der Waals surface area contributed by atoms with Gasteiger partial charge in [-0.2, -0.15) is 0 Å². The molecule has 2 amide bonds. The Bertz CT molecular complexity index is 798. The van der Waals surface area contributed by atoms with Crippen LogP contribution in [0.4, 0.5) is 14.5 Å². The Morgan fingerprint density at radius 3 is 2.46 bits per heavy atom. The summed E-state index contributed by atoms with van der Waals surface area (Å²) < 4.78 is 34.8. The molecule has 150 valence electrons. The fourth-order valence-corrected chi connectivity index (χ4v) is 3.64. The zero-order valence-electron chi connectivity index (χ0n) is 15.3. The predicted molar refractivity (Wildman–Crippen MR) is 97.5 cm³/mol. The SMILES string of the molecule is C=C(NC1CN(c2cc(F)c(C3CCC(=O)NC3=O)c(F)c2)C1)OC1CNC1. The smallest absolute Gasteiger partial charge is 0.234 e. The van der Waals surface area contributed by atoms with E-state index in [1.807, 2.05) is 4.90 Å². The molecule has 0 saturated carbocycles. The Balaban J connectivity index is 1.37. The molecule has 0 bridgehead atoms. The third-order valence-electron chi connectivity index (χ3n) is 5.32. The molecule has 0 aliphatic carbocycles. The highest BCUT2D eigenvalue weighted by Crippen LogP contribution is 2.33. The summed E-state index contributed by atoms with van der Waals surface area (Å²) >= 11 is 0. The van der Waals surface area contributed by atoms with Crippen molar-refractivity contribution in [3.8, 4) is 0 Å².